The van der Waals surface area contributed by atoms with Crippen LogP contribution in [-0.2, 0) is 9.53 Å². The first kappa shape index (κ1) is 12.8. The number of hydrogen-bond donors (Lipinski definition) is 3. The van der Waals surface area contributed by atoms with Crippen molar-refractivity contribution in [2.45, 2.75) is 31.8 Å². The average molecular weight is 230 g/mol. The fraction of sp³-hybridized carbons (Fsp3) is 0.800. The third kappa shape index (κ3) is 5.55. The Labute approximate surface area is 94.3 Å². The van der Waals surface area contributed by atoms with E-state index in [1.54, 1.807) is 0 Å². The smallest absolute Gasteiger partial charge is 0.314 e. The highest BCUT2D eigenvalue weighted by molar-refractivity contribution is 5.73. The number of ether oxygens (including phenoxy) is 1. The fourth-order valence-corrected chi connectivity index (χ4v) is 1.52. The highest BCUT2D eigenvalue weighted by Crippen LogP contribution is 2.10. The van der Waals surface area contributed by atoms with Crippen LogP contribution in [-0.4, -0.2) is 42.9 Å². The van der Waals surface area contributed by atoms with Crippen molar-refractivity contribution >= 4 is 12.0 Å². The quantitative estimate of drug-likeness (QED) is 0.574. The lowest BCUT2D eigenvalue weighted by atomic mass is 10.2. The third-order valence-electron chi connectivity index (χ3n) is 2.37. The molecule has 0 aliphatic carbocycles. The van der Waals surface area contributed by atoms with E-state index in [1.165, 1.54) is 0 Å². The van der Waals surface area contributed by atoms with Crippen LogP contribution >= 0.6 is 0 Å². The van der Waals surface area contributed by atoms with Crippen LogP contribution in [0.15, 0.2) is 0 Å². The highest BCUT2D eigenvalue weighted by atomic mass is 16.5. The Bertz CT molecular complexity index is 239. The maximum Gasteiger partial charge on any atom is 0.314 e. The number of hydrogen-bond acceptors (Lipinski definition) is 3. The minimum Gasteiger partial charge on any atom is -0.481 e. The van der Waals surface area contributed by atoms with Gasteiger partial charge in [0.05, 0.1) is 6.10 Å². The molecule has 1 fully saturated rings. The van der Waals surface area contributed by atoms with Crippen LogP contribution < -0.4 is 10.6 Å². The van der Waals surface area contributed by atoms with Crippen molar-refractivity contribution in [2.75, 3.05) is 19.7 Å². The van der Waals surface area contributed by atoms with Crippen LogP contribution in [0.2, 0.25) is 0 Å². The van der Waals surface area contributed by atoms with Gasteiger partial charge in [0, 0.05) is 26.1 Å². The number of rotatable bonds is 6. The van der Waals surface area contributed by atoms with E-state index in [9.17, 15) is 9.59 Å². The summed E-state index contributed by atoms with van der Waals surface area (Å²) in [4.78, 5) is 21.4. The number of urea groups is 1. The van der Waals surface area contributed by atoms with Gasteiger partial charge in [-0.3, -0.25) is 4.79 Å². The third-order valence-corrected chi connectivity index (χ3v) is 2.37. The van der Waals surface area contributed by atoms with E-state index in [-0.39, 0.29) is 18.6 Å². The maximum absolute atomic E-state index is 11.2. The van der Waals surface area contributed by atoms with Crippen LogP contribution in [0, 0.1) is 0 Å². The molecule has 0 radical (unpaired) electrons. The predicted molar refractivity (Wildman–Crippen MR) is 57.2 cm³/mol. The Morgan fingerprint density at radius 1 is 1.38 bits per heavy atom. The zero-order valence-corrected chi connectivity index (χ0v) is 9.20. The van der Waals surface area contributed by atoms with Crippen molar-refractivity contribution in [1.82, 2.24) is 10.6 Å². The summed E-state index contributed by atoms with van der Waals surface area (Å²) in [6.45, 7) is 1.67. The molecule has 6 heteroatoms. The molecule has 0 aromatic rings. The van der Waals surface area contributed by atoms with Gasteiger partial charge in [0.15, 0.2) is 0 Å². The van der Waals surface area contributed by atoms with E-state index >= 15 is 0 Å². The largest absolute Gasteiger partial charge is 0.481 e. The number of carboxylic acids is 1. The number of carboxylic acid groups (broad SMARTS) is 1. The van der Waals surface area contributed by atoms with E-state index in [0.717, 1.165) is 19.4 Å². The topological polar surface area (TPSA) is 87.7 Å². The molecule has 1 rings (SSSR count). The first-order valence-electron chi connectivity index (χ1n) is 5.53. The minimum atomic E-state index is -0.846. The second kappa shape index (κ2) is 7.05. The highest BCUT2D eigenvalue weighted by Gasteiger charge is 2.15. The summed E-state index contributed by atoms with van der Waals surface area (Å²) >= 11 is 0. The molecule has 92 valence electrons. The Morgan fingerprint density at radius 2 is 2.19 bits per heavy atom. The van der Waals surface area contributed by atoms with E-state index < -0.39 is 5.97 Å². The van der Waals surface area contributed by atoms with E-state index in [4.69, 9.17) is 9.84 Å². The molecular formula is C10H18N2O4. The molecule has 1 aliphatic heterocycles. The van der Waals surface area contributed by atoms with Crippen molar-refractivity contribution in [3.63, 3.8) is 0 Å². The molecular weight excluding hydrogens is 212 g/mol. The summed E-state index contributed by atoms with van der Waals surface area (Å²) < 4.78 is 5.34. The summed E-state index contributed by atoms with van der Waals surface area (Å²) in [5, 5.41) is 13.7. The lowest BCUT2D eigenvalue weighted by Crippen LogP contribution is -2.40. The average Bonchev–Trinajstić information content (AvgIpc) is 2.74. The lowest BCUT2D eigenvalue weighted by molar-refractivity contribution is -0.137. The molecule has 1 aliphatic rings. The van der Waals surface area contributed by atoms with Crippen LogP contribution in [0.1, 0.15) is 25.7 Å². The van der Waals surface area contributed by atoms with Gasteiger partial charge in [0.1, 0.15) is 0 Å². The fourth-order valence-electron chi connectivity index (χ4n) is 1.52. The molecule has 1 saturated heterocycles. The van der Waals surface area contributed by atoms with Gasteiger partial charge in [-0.15, -0.1) is 0 Å². The molecule has 0 bridgehead atoms. The number of carbonyl (C=O) groups is 2. The number of nitrogens with one attached hydrogen (secondary N) is 2. The summed E-state index contributed by atoms with van der Waals surface area (Å²) in [6, 6.07) is -0.263. The summed E-state index contributed by atoms with van der Waals surface area (Å²) in [7, 11) is 0. The Kier molecular flexibility index (Phi) is 5.63. The second-order valence-electron chi connectivity index (χ2n) is 3.77. The molecule has 1 atom stereocenters. The van der Waals surface area contributed by atoms with Crippen molar-refractivity contribution in [2.24, 2.45) is 0 Å². The molecule has 2 amide bonds. The first-order valence-corrected chi connectivity index (χ1v) is 5.53. The zero-order valence-electron chi connectivity index (χ0n) is 9.20. The lowest BCUT2D eigenvalue weighted by Gasteiger charge is -2.11. The molecule has 0 saturated carbocycles. The van der Waals surface area contributed by atoms with Gasteiger partial charge in [-0.2, -0.15) is 0 Å². The minimum absolute atomic E-state index is 0.0754. The Hall–Kier alpha value is -1.30. The van der Waals surface area contributed by atoms with Gasteiger partial charge < -0.3 is 20.5 Å². The van der Waals surface area contributed by atoms with Crippen LogP contribution in [0.5, 0.6) is 0 Å². The van der Waals surface area contributed by atoms with Gasteiger partial charge in [-0.25, -0.2) is 4.79 Å². The molecule has 1 heterocycles. The summed E-state index contributed by atoms with van der Waals surface area (Å²) in [5.74, 6) is -0.846. The van der Waals surface area contributed by atoms with Crippen molar-refractivity contribution in [1.29, 1.82) is 0 Å². The van der Waals surface area contributed by atoms with E-state index in [2.05, 4.69) is 10.6 Å². The molecule has 0 aromatic heterocycles. The normalized spacial score (nSPS) is 19.4. The number of amides is 2. The second-order valence-corrected chi connectivity index (χ2v) is 3.77. The van der Waals surface area contributed by atoms with Crippen LogP contribution in [0.25, 0.3) is 0 Å². The van der Waals surface area contributed by atoms with Gasteiger partial charge in [0.25, 0.3) is 0 Å². The van der Waals surface area contributed by atoms with Gasteiger partial charge in [-0.1, -0.05) is 0 Å². The standard InChI is InChI=1S/C10H18N2O4/c13-9(14)4-1-5-11-10(15)12-7-8-3-2-6-16-8/h8H,1-7H2,(H,13,14)(H2,11,12,15). The van der Waals surface area contributed by atoms with Crippen molar-refractivity contribution in [3.8, 4) is 0 Å². The summed E-state index contributed by atoms with van der Waals surface area (Å²) in [5.41, 5.74) is 0. The maximum atomic E-state index is 11.2. The van der Waals surface area contributed by atoms with Crippen LogP contribution in [0.4, 0.5) is 4.79 Å². The molecule has 3 N–H and O–H groups in total. The molecule has 0 spiro atoms. The SMILES string of the molecule is O=C(O)CCCNC(=O)NCC1CCCO1. The van der Waals surface area contributed by atoms with Crippen LogP contribution in [0.3, 0.4) is 0 Å². The number of aliphatic carboxylic acids is 1. The Morgan fingerprint density at radius 3 is 2.81 bits per heavy atom. The van der Waals surface area contributed by atoms with E-state index in [1.807, 2.05) is 0 Å². The molecule has 16 heavy (non-hydrogen) atoms. The Balaban J connectivity index is 1.95. The molecule has 1 unspecified atom stereocenters. The number of carbonyl (C=O) groups excluding carboxylic acids is 1. The van der Waals surface area contributed by atoms with Crippen molar-refractivity contribution in [3.05, 3.63) is 0 Å². The van der Waals surface area contributed by atoms with Gasteiger partial charge in [-0.05, 0) is 19.3 Å². The van der Waals surface area contributed by atoms with Crippen molar-refractivity contribution < 1.29 is 19.4 Å². The molecule has 6 nitrogen and oxygen atoms in total. The first-order chi connectivity index (χ1) is 7.68. The zero-order chi connectivity index (χ0) is 11.8. The predicted octanol–water partition coefficient (Wildman–Crippen LogP) is 0.329. The van der Waals surface area contributed by atoms with Gasteiger partial charge in [0.2, 0.25) is 0 Å². The van der Waals surface area contributed by atoms with E-state index in [0.29, 0.717) is 19.5 Å². The van der Waals surface area contributed by atoms with Gasteiger partial charge >= 0.3 is 12.0 Å². The summed E-state index contributed by atoms with van der Waals surface area (Å²) in [6.07, 6.45) is 2.69. The monoisotopic (exact) mass is 230 g/mol. The molecule has 0 aromatic carbocycles.